The normalized spacial score (nSPS) is 18.4. The van der Waals surface area contributed by atoms with Crippen molar-refractivity contribution in [2.75, 3.05) is 19.5 Å². The third-order valence-electron chi connectivity index (χ3n) is 5.01. The van der Waals surface area contributed by atoms with Crippen LogP contribution in [0.1, 0.15) is 12.8 Å². The molecule has 1 heterocycles. The van der Waals surface area contributed by atoms with Crippen LogP contribution in [-0.4, -0.2) is 36.3 Å². The summed E-state index contributed by atoms with van der Waals surface area (Å²) in [6.07, 6.45) is 3.33. The van der Waals surface area contributed by atoms with E-state index in [9.17, 15) is 4.39 Å². The maximum absolute atomic E-state index is 14.5. The van der Waals surface area contributed by atoms with Gasteiger partial charge in [0, 0.05) is 17.5 Å². The third-order valence-corrected chi connectivity index (χ3v) is 5.79. The van der Waals surface area contributed by atoms with Gasteiger partial charge in [-0.05, 0) is 38.1 Å². The Balaban J connectivity index is 1.70. The molecule has 2 N–H and O–H groups in total. The van der Waals surface area contributed by atoms with Gasteiger partial charge >= 0.3 is 0 Å². The van der Waals surface area contributed by atoms with E-state index in [0.717, 1.165) is 12.8 Å². The monoisotopic (exact) mass is 436 g/mol. The second-order valence-corrected chi connectivity index (χ2v) is 7.57. The lowest BCUT2D eigenvalue weighted by Gasteiger charge is -2.35. The highest BCUT2D eigenvalue weighted by atomic mass is 35.5. The lowest BCUT2D eigenvalue weighted by molar-refractivity contribution is 0.0856. The number of benzene rings is 2. The molecule has 0 radical (unpaired) electrons. The standard InChI is InChI=1S/C20H19Cl2FN4O2/c1-24-10-5-11(6-10)29-17-7-12-15(8-16(17)28-2)25-9-26-20(12)27-14-4-3-13(21)18(22)19(14)23/h3-4,7-11,24H,5-6H2,1-2H3,(H,25,26,27). The molecule has 0 amide bonds. The molecule has 0 saturated heterocycles. The van der Waals surface area contributed by atoms with E-state index in [2.05, 4.69) is 20.6 Å². The third kappa shape index (κ3) is 3.90. The van der Waals surface area contributed by atoms with Gasteiger partial charge in [-0.2, -0.15) is 0 Å². The first-order chi connectivity index (χ1) is 14.0. The molecular weight excluding hydrogens is 418 g/mol. The van der Waals surface area contributed by atoms with Gasteiger partial charge in [0.15, 0.2) is 17.3 Å². The largest absolute Gasteiger partial charge is 0.493 e. The maximum atomic E-state index is 14.5. The molecule has 0 bridgehead atoms. The summed E-state index contributed by atoms with van der Waals surface area (Å²) in [5, 5.41) is 6.86. The van der Waals surface area contributed by atoms with Crippen LogP contribution in [0.15, 0.2) is 30.6 Å². The average molecular weight is 437 g/mol. The number of rotatable bonds is 6. The summed E-state index contributed by atoms with van der Waals surface area (Å²) in [6.45, 7) is 0. The Hall–Kier alpha value is -2.35. The number of nitrogens with one attached hydrogen (secondary N) is 2. The summed E-state index contributed by atoms with van der Waals surface area (Å²) >= 11 is 11.8. The Labute approximate surface area is 177 Å². The van der Waals surface area contributed by atoms with Crippen LogP contribution in [-0.2, 0) is 0 Å². The predicted molar refractivity (Wildman–Crippen MR) is 112 cm³/mol. The van der Waals surface area contributed by atoms with Gasteiger partial charge in [-0.15, -0.1) is 0 Å². The van der Waals surface area contributed by atoms with Gasteiger partial charge in [-0.25, -0.2) is 14.4 Å². The van der Waals surface area contributed by atoms with E-state index in [1.54, 1.807) is 19.2 Å². The molecule has 0 aliphatic heterocycles. The van der Waals surface area contributed by atoms with E-state index < -0.39 is 5.82 Å². The number of halogens is 3. The minimum atomic E-state index is -0.650. The van der Waals surface area contributed by atoms with Crippen LogP contribution >= 0.6 is 23.2 Å². The van der Waals surface area contributed by atoms with E-state index in [-0.39, 0.29) is 21.8 Å². The van der Waals surface area contributed by atoms with Crippen molar-refractivity contribution in [3.8, 4) is 11.5 Å². The second kappa shape index (κ2) is 8.18. The lowest BCUT2D eigenvalue weighted by atomic mass is 9.89. The van der Waals surface area contributed by atoms with Crippen molar-refractivity contribution in [1.29, 1.82) is 0 Å². The van der Waals surface area contributed by atoms with Crippen LogP contribution in [0.3, 0.4) is 0 Å². The molecule has 1 aliphatic carbocycles. The Morgan fingerprint density at radius 2 is 1.93 bits per heavy atom. The molecule has 1 saturated carbocycles. The van der Waals surface area contributed by atoms with Crippen molar-refractivity contribution in [1.82, 2.24) is 15.3 Å². The average Bonchev–Trinajstić information content (AvgIpc) is 2.70. The fourth-order valence-corrected chi connectivity index (χ4v) is 3.55. The number of hydrogen-bond donors (Lipinski definition) is 2. The SMILES string of the molecule is CNC1CC(Oc2cc3c(Nc4ccc(Cl)c(Cl)c4F)ncnc3cc2OC)C1. The van der Waals surface area contributed by atoms with Crippen LogP contribution in [0.4, 0.5) is 15.9 Å². The molecule has 4 rings (SSSR count). The Bertz CT molecular complexity index is 1060. The summed E-state index contributed by atoms with van der Waals surface area (Å²) in [7, 11) is 3.52. The fourth-order valence-electron chi connectivity index (χ4n) is 3.24. The molecule has 3 aromatic rings. The zero-order valence-corrected chi connectivity index (χ0v) is 17.3. The minimum absolute atomic E-state index is 0.104. The Morgan fingerprint density at radius 3 is 2.66 bits per heavy atom. The number of nitrogens with zero attached hydrogens (tertiary/aromatic N) is 2. The lowest BCUT2D eigenvalue weighted by Crippen LogP contribution is -2.45. The minimum Gasteiger partial charge on any atom is -0.493 e. The number of ether oxygens (including phenoxy) is 2. The molecule has 1 aromatic heterocycles. The predicted octanol–water partition coefficient (Wildman–Crippen LogP) is 4.96. The van der Waals surface area contributed by atoms with E-state index in [1.165, 1.54) is 18.5 Å². The van der Waals surface area contributed by atoms with Gasteiger partial charge in [0.05, 0.1) is 28.4 Å². The molecule has 0 atom stereocenters. The molecule has 152 valence electrons. The molecular formula is C20H19Cl2FN4O2. The first-order valence-corrected chi connectivity index (χ1v) is 9.83. The van der Waals surface area contributed by atoms with Crippen LogP contribution in [0, 0.1) is 5.82 Å². The topological polar surface area (TPSA) is 68.3 Å². The molecule has 29 heavy (non-hydrogen) atoms. The van der Waals surface area contributed by atoms with E-state index >= 15 is 0 Å². The van der Waals surface area contributed by atoms with Gasteiger partial charge in [-0.3, -0.25) is 0 Å². The fraction of sp³-hybridized carbons (Fsp3) is 0.300. The summed E-state index contributed by atoms with van der Waals surface area (Å²) in [5.41, 5.74) is 0.794. The smallest absolute Gasteiger partial charge is 0.166 e. The first-order valence-electron chi connectivity index (χ1n) is 9.07. The van der Waals surface area contributed by atoms with Gasteiger partial charge in [0.2, 0.25) is 0 Å². The van der Waals surface area contributed by atoms with Crippen molar-refractivity contribution >= 4 is 45.6 Å². The second-order valence-electron chi connectivity index (χ2n) is 6.79. The molecule has 0 spiro atoms. The van der Waals surface area contributed by atoms with E-state index in [0.29, 0.717) is 34.3 Å². The van der Waals surface area contributed by atoms with Gasteiger partial charge < -0.3 is 20.1 Å². The van der Waals surface area contributed by atoms with Crippen molar-refractivity contribution in [2.24, 2.45) is 0 Å². The van der Waals surface area contributed by atoms with Crippen LogP contribution in [0.25, 0.3) is 10.9 Å². The van der Waals surface area contributed by atoms with Crippen molar-refractivity contribution in [3.63, 3.8) is 0 Å². The zero-order chi connectivity index (χ0) is 20.5. The van der Waals surface area contributed by atoms with Gasteiger partial charge in [0.1, 0.15) is 18.2 Å². The quantitative estimate of drug-likeness (QED) is 0.532. The Morgan fingerprint density at radius 1 is 1.14 bits per heavy atom. The highest BCUT2D eigenvalue weighted by Crippen LogP contribution is 2.38. The van der Waals surface area contributed by atoms with E-state index in [1.807, 2.05) is 7.05 Å². The molecule has 2 aromatic carbocycles. The zero-order valence-electron chi connectivity index (χ0n) is 15.8. The summed E-state index contributed by atoms with van der Waals surface area (Å²) < 4.78 is 26.1. The Kier molecular flexibility index (Phi) is 5.63. The number of anilines is 2. The molecule has 9 heteroatoms. The number of fused-ring (bicyclic) bond motifs is 1. The van der Waals surface area contributed by atoms with Crippen LogP contribution < -0.4 is 20.1 Å². The van der Waals surface area contributed by atoms with Crippen LogP contribution in [0.5, 0.6) is 11.5 Å². The number of hydrogen-bond acceptors (Lipinski definition) is 6. The number of aromatic nitrogens is 2. The van der Waals surface area contributed by atoms with Crippen molar-refractivity contribution in [3.05, 3.63) is 46.5 Å². The van der Waals surface area contributed by atoms with Crippen LogP contribution in [0.2, 0.25) is 10.0 Å². The molecule has 1 aliphatic rings. The van der Waals surface area contributed by atoms with Gasteiger partial charge in [0.25, 0.3) is 0 Å². The van der Waals surface area contributed by atoms with Crippen molar-refractivity contribution < 1.29 is 13.9 Å². The highest BCUT2D eigenvalue weighted by Gasteiger charge is 2.30. The maximum Gasteiger partial charge on any atom is 0.166 e. The summed E-state index contributed by atoms with van der Waals surface area (Å²) in [6, 6.07) is 7.07. The molecule has 0 unspecified atom stereocenters. The van der Waals surface area contributed by atoms with Gasteiger partial charge in [-0.1, -0.05) is 23.2 Å². The summed E-state index contributed by atoms with van der Waals surface area (Å²) in [4.78, 5) is 8.55. The molecule has 6 nitrogen and oxygen atoms in total. The van der Waals surface area contributed by atoms with E-state index in [4.69, 9.17) is 32.7 Å². The highest BCUT2D eigenvalue weighted by molar-refractivity contribution is 6.42. The molecule has 1 fully saturated rings. The summed E-state index contributed by atoms with van der Waals surface area (Å²) in [5.74, 6) is 0.938. The number of methoxy groups -OCH3 is 1. The first kappa shape index (κ1) is 19.9. The van der Waals surface area contributed by atoms with Crippen molar-refractivity contribution in [2.45, 2.75) is 25.0 Å².